The van der Waals surface area contributed by atoms with Gasteiger partial charge in [0.25, 0.3) is 0 Å². The molecule has 1 aromatic rings. The normalized spacial score (nSPS) is 12.5. The number of rotatable bonds is 5. The zero-order valence-corrected chi connectivity index (χ0v) is 9.54. The maximum Gasteiger partial charge on any atom is 0.303 e. The zero-order valence-electron chi connectivity index (χ0n) is 9.54. The van der Waals surface area contributed by atoms with Crippen LogP contribution in [-0.2, 0) is 11.2 Å². The average Bonchev–Trinajstić information content (AvgIpc) is 2.26. The van der Waals surface area contributed by atoms with Crippen molar-refractivity contribution in [2.24, 2.45) is 5.73 Å². The van der Waals surface area contributed by atoms with Crippen LogP contribution in [0.4, 0.5) is 8.78 Å². The number of carbonyl (C=O) groups is 1. The molecular formula is C12H15F2NO2. The van der Waals surface area contributed by atoms with E-state index in [2.05, 4.69) is 0 Å². The summed E-state index contributed by atoms with van der Waals surface area (Å²) in [5.74, 6) is -2.31. The molecular weight excluding hydrogens is 228 g/mol. The Morgan fingerprint density at radius 1 is 1.41 bits per heavy atom. The van der Waals surface area contributed by atoms with Gasteiger partial charge in [-0.15, -0.1) is 0 Å². The third-order valence-electron chi connectivity index (χ3n) is 2.62. The molecule has 0 radical (unpaired) electrons. The van der Waals surface area contributed by atoms with E-state index in [1.807, 2.05) is 0 Å². The number of nitrogens with two attached hydrogens (primary N) is 1. The highest BCUT2D eigenvalue weighted by molar-refractivity contribution is 5.66. The summed E-state index contributed by atoms with van der Waals surface area (Å²) < 4.78 is 26.7. The number of halogens is 2. The lowest BCUT2D eigenvalue weighted by Crippen LogP contribution is -2.14. The lowest BCUT2D eigenvalue weighted by atomic mass is 9.99. The molecule has 1 atom stereocenters. The van der Waals surface area contributed by atoms with E-state index in [1.54, 1.807) is 6.92 Å². The lowest BCUT2D eigenvalue weighted by Gasteiger charge is -2.13. The third-order valence-corrected chi connectivity index (χ3v) is 2.62. The van der Waals surface area contributed by atoms with Gasteiger partial charge in [-0.3, -0.25) is 4.79 Å². The second-order valence-electron chi connectivity index (χ2n) is 3.86. The number of carboxylic acid groups (broad SMARTS) is 1. The van der Waals surface area contributed by atoms with Gasteiger partial charge in [-0.1, -0.05) is 6.92 Å². The quantitative estimate of drug-likeness (QED) is 0.834. The second-order valence-corrected chi connectivity index (χ2v) is 3.86. The van der Waals surface area contributed by atoms with Gasteiger partial charge in [0.2, 0.25) is 0 Å². The number of hydrogen-bond acceptors (Lipinski definition) is 2. The standard InChI is InChI=1S/C12H15F2NO2/c1-2-7-5-8(10(14)6-9(7)13)11(15)3-4-12(16)17/h5-6,11H,2-4,15H2,1H3,(H,16,17). The summed E-state index contributed by atoms with van der Waals surface area (Å²) in [6.45, 7) is 1.75. The van der Waals surface area contributed by atoms with Crippen molar-refractivity contribution in [3.63, 3.8) is 0 Å². The van der Waals surface area contributed by atoms with E-state index in [0.717, 1.165) is 6.07 Å². The molecule has 94 valence electrons. The van der Waals surface area contributed by atoms with Gasteiger partial charge in [0, 0.05) is 24.1 Å². The van der Waals surface area contributed by atoms with Gasteiger partial charge < -0.3 is 10.8 Å². The maximum absolute atomic E-state index is 13.5. The van der Waals surface area contributed by atoms with Crippen molar-refractivity contribution in [3.05, 3.63) is 34.9 Å². The van der Waals surface area contributed by atoms with Crippen LogP contribution in [-0.4, -0.2) is 11.1 Å². The van der Waals surface area contributed by atoms with Crippen LogP contribution < -0.4 is 5.73 Å². The lowest BCUT2D eigenvalue weighted by molar-refractivity contribution is -0.137. The molecule has 3 nitrogen and oxygen atoms in total. The first-order chi connectivity index (χ1) is 7.95. The fourth-order valence-electron chi connectivity index (χ4n) is 1.60. The van der Waals surface area contributed by atoms with Crippen LogP contribution in [0.25, 0.3) is 0 Å². The van der Waals surface area contributed by atoms with E-state index in [0.29, 0.717) is 12.0 Å². The molecule has 1 aromatic carbocycles. The van der Waals surface area contributed by atoms with Crippen LogP contribution >= 0.6 is 0 Å². The third kappa shape index (κ3) is 3.49. The highest BCUT2D eigenvalue weighted by Gasteiger charge is 2.15. The minimum Gasteiger partial charge on any atom is -0.481 e. The fraction of sp³-hybridized carbons (Fsp3) is 0.417. The highest BCUT2D eigenvalue weighted by atomic mass is 19.1. The number of hydrogen-bond donors (Lipinski definition) is 2. The summed E-state index contributed by atoms with van der Waals surface area (Å²) in [6.07, 6.45) is 0.422. The van der Waals surface area contributed by atoms with Gasteiger partial charge in [-0.2, -0.15) is 0 Å². The van der Waals surface area contributed by atoms with E-state index >= 15 is 0 Å². The minimum atomic E-state index is -0.987. The number of aryl methyl sites for hydroxylation is 1. The van der Waals surface area contributed by atoms with Crippen LogP contribution in [0, 0.1) is 11.6 Å². The SMILES string of the molecule is CCc1cc(C(N)CCC(=O)O)c(F)cc1F. The number of benzene rings is 1. The van der Waals surface area contributed by atoms with Crippen molar-refractivity contribution in [2.45, 2.75) is 32.2 Å². The van der Waals surface area contributed by atoms with Crippen molar-refractivity contribution in [2.75, 3.05) is 0 Å². The summed E-state index contributed by atoms with van der Waals surface area (Å²) in [6, 6.07) is 1.45. The van der Waals surface area contributed by atoms with Gasteiger partial charge in [0.05, 0.1) is 0 Å². The van der Waals surface area contributed by atoms with Crippen LogP contribution in [0.1, 0.15) is 36.9 Å². The first-order valence-corrected chi connectivity index (χ1v) is 5.40. The average molecular weight is 243 g/mol. The molecule has 0 saturated carbocycles. The summed E-state index contributed by atoms with van der Waals surface area (Å²) in [5, 5.41) is 8.51. The Kier molecular flexibility index (Phi) is 4.57. The monoisotopic (exact) mass is 243 g/mol. The molecule has 0 spiro atoms. The van der Waals surface area contributed by atoms with E-state index in [9.17, 15) is 13.6 Å². The van der Waals surface area contributed by atoms with Crippen molar-refractivity contribution < 1.29 is 18.7 Å². The number of carboxylic acids is 1. The second kappa shape index (κ2) is 5.72. The van der Waals surface area contributed by atoms with Crippen LogP contribution in [0.3, 0.4) is 0 Å². The Bertz CT molecular complexity index is 421. The van der Waals surface area contributed by atoms with Gasteiger partial charge >= 0.3 is 5.97 Å². The van der Waals surface area contributed by atoms with Crippen LogP contribution in [0.15, 0.2) is 12.1 Å². The van der Waals surface area contributed by atoms with Crippen molar-refractivity contribution in [3.8, 4) is 0 Å². The molecule has 0 aliphatic rings. The van der Waals surface area contributed by atoms with E-state index < -0.39 is 23.6 Å². The van der Waals surface area contributed by atoms with Gasteiger partial charge in [-0.05, 0) is 24.5 Å². The topological polar surface area (TPSA) is 63.3 Å². The summed E-state index contributed by atoms with van der Waals surface area (Å²) in [7, 11) is 0. The molecule has 0 amide bonds. The highest BCUT2D eigenvalue weighted by Crippen LogP contribution is 2.23. The molecule has 1 rings (SSSR count). The molecule has 17 heavy (non-hydrogen) atoms. The molecule has 0 fully saturated rings. The maximum atomic E-state index is 13.5. The smallest absolute Gasteiger partial charge is 0.303 e. The Labute approximate surface area is 98.2 Å². The Morgan fingerprint density at radius 3 is 2.59 bits per heavy atom. The first-order valence-electron chi connectivity index (χ1n) is 5.40. The van der Waals surface area contributed by atoms with Gasteiger partial charge in [-0.25, -0.2) is 8.78 Å². The largest absolute Gasteiger partial charge is 0.481 e. The van der Waals surface area contributed by atoms with Crippen LogP contribution in [0.2, 0.25) is 0 Å². The van der Waals surface area contributed by atoms with E-state index in [-0.39, 0.29) is 18.4 Å². The number of aliphatic carboxylic acids is 1. The van der Waals surface area contributed by atoms with E-state index in [4.69, 9.17) is 10.8 Å². The van der Waals surface area contributed by atoms with Crippen molar-refractivity contribution >= 4 is 5.97 Å². The summed E-state index contributed by atoms with van der Waals surface area (Å²) >= 11 is 0. The van der Waals surface area contributed by atoms with Gasteiger partial charge in [0.1, 0.15) is 11.6 Å². The Balaban J connectivity index is 2.92. The molecule has 0 saturated heterocycles. The molecule has 5 heteroatoms. The molecule has 0 aliphatic heterocycles. The van der Waals surface area contributed by atoms with Gasteiger partial charge in [0.15, 0.2) is 0 Å². The molecule has 0 bridgehead atoms. The molecule has 3 N–H and O–H groups in total. The Morgan fingerprint density at radius 2 is 2.06 bits per heavy atom. The molecule has 0 aliphatic carbocycles. The fourth-order valence-corrected chi connectivity index (χ4v) is 1.60. The first kappa shape index (κ1) is 13.6. The van der Waals surface area contributed by atoms with Crippen LogP contribution in [0.5, 0.6) is 0 Å². The Hall–Kier alpha value is -1.49. The van der Waals surface area contributed by atoms with Crippen molar-refractivity contribution in [1.29, 1.82) is 0 Å². The minimum absolute atomic E-state index is 0.126. The summed E-state index contributed by atoms with van der Waals surface area (Å²) in [5.41, 5.74) is 6.24. The summed E-state index contributed by atoms with van der Waals surface area (Å²) in [4.78, 5) is 10.4. The zero-order chi connectivity index (χ0) is 13.0. The molecule has 0 heterocycles. The molecule has 0 aromatic heterocycles. The van der Waals surface area contributed by atoms with Crippen molar-refractivity contribution in [1.82, 2.24) is 0 Å². The predicted molar refractivity (Wildman–Crippen MR) is 59.5 cm³/mol. The van der Waals surface area contributed by atoms with E-state index in [1.165, 1.54) is 6.07 Å². The predicted octanol–water partition coefficient (Wildman–Crippen LogP) is 2.39. The molecule has 1 unspecified atom stereocenters.